The molecule has 1 aliphatic heterocycles. The molecule has 1 atom stereocenters. The second kappa shape index (κ2) is 9.14. The Balaban J connectivity index is 1.45. The second-order valence-electron chi connectivity index (χ2n) is 8.17. The van der Waals surface area contributed by atoms with Gasteiger partial charge in [-0.2, -0.15) is 4.98 Å². The zero-order chi connectivity index (χ0) is 23.7. The molecule has 0 saturated carbocycles. The third-order valence-electron chi connectivity index (χ3n) is 5.88. The van der Waals surface area contributed by atoms with E-state index in [-0.39, 0.29) is 22.7 Å². The highest BCUT2D eigenvalue weighted by Gasteiger charge is 2.24. The molecule has 0 aliphatic carbocycles. The van der Waals surface area contributed by atoms with Crippen molar-refractivity contribution < 1.29 is 13.7 Å². The van der Waals surface area contributed by atoms with Gasteiger partial charge in [-0.15, -0.1) is 0 Å². The lowest BCUT2D eigenvalue weighted by Crippen LogP contribution is -2.35. The van der Waals surface area contributed by atoms with Crippen LogP contribution < -0.4 is 10.5 Å². The standard InChI is InChI=1S/C24H23FN6O3/c1-15-27-23(29-34-15)17-5-3-16(4-6-17)18-13-31(9-10-33-14-18)24-28-21(11-22(32)30(24)2)19-7-8-26-12-20(19)25/h3-8,11-12,18H,9-10,13-14H2,1-2H3. The Bertz CT molecular complexity index is 1370. The van der Waals surface area contributed by atoms with Crippen LogP contribution in [0.1, 0.15) is 17.4 Å². The smallest absolute Gasteiger partial charge is 0.255 e. The lowest BCUT2D eigenvalue weighted by molar-refractivity contribution is 0.142. The van der Waals surface area contributed by atoms with Gasteiger partial charge in [-0.05, 0) is 11.6 Å². The minimum atomic E-state index is -0.525. The molecule has 0 bridgehead atoms. The number of anilines is 1. The van der Waals surface area contributed by atoms with Crippen LogP contribution in [-0.4, -0.2) is 51.0 Å². The first-order valence-electron chi connectivity index (χ1n) is 10.9. The normalized spacial score (nSPS) is 16.4. The maximum absolute atomic E-state index is 14.3. The Kier molecular flexibility index (Phi) is 5.89. The van der Waals surface area contributed by atoms with E-state index in [0.29, 0.717) is 44.0 Å². The Labute approximate surface area is 194 Å². The fourth-order valence-corrected chi connectivity index (χ4v) is 4.05. The molecule has 0 radical (unpaired) electrons. The van der Waals surface area contributed by atoms with Gasteiger partial charge in [-0.3, -0.25) is 14.3 Å². The Morgan fingerprint density at radius 1 is 1.15 bits per heavy atom. The Morgan fingerprint density at radius 3 is 2.71 bits per heavy atom. The molecule has 1 unspecified atom stereocenters. The van der Waals surface area contributed by atoms with Gasteiger partial charge in [0.15, 0.2) is 5.82 Å². The average molecular weight is 462 g/mol. The van der Waals surface area contributed by atoms with Crippen LogP contribution in [0.2, 0.25) is 0 Å². The number of nitrogens with zero attached hydrogens (tertiary/aromatic N) is 6. The predicted molar refractivity (Wildman–Crippen MR) is 123 cm³/mol. The SMILES string of the molecule is Cc1nc(-c2ccc(C3COCCN(c4nc(-c5ccncc5F)cc(=O)n4C)C3)cc2)no1. The van der Waals surface area contributed by atoms with E-state index in [9.17, 15) is 9.18 Å². The summed E-state index contributed by atoms with van der Waals surface area (Å²) in [6.07, 6.45) is 2.59. The molecule has 9 nitrogen and oxygen atoms in total. The minimum absolute atomic E-state index is 0.0433. The molecule has 1 aliphatic rings. The average Bonchev–Trinajstić information content (AvgIpc) is 3.13. The molecular formula is C24H23FN6O3. The van der Waals surface area contributed by atoms with Crippen LogP contribution in [0.4, 0.5) is 10.3 Å². The molecule has 10 heteroatoms. The zero-order valence-electron chi connectivity index (χ0n) is 18.8. The van der Waals surface area contributed by atoms with Crippen molar-refractivity contribution in [1.29, 1.82) is 0 Å². The Hall–Kier alpha value is -3.92. The number of aryl methyl sites for hydroxylation is 1. The van der Waals surface area contributed by atoms with Crippen molar-refractivity contribution in [2.45, 2.75) is 12.8 Å². The van der Waals surface area contributed by atoms with E-state index in [1.807, 2.05) is 29.2 Å². The number of ether oxygens (including phenoxy) is 1. The largest absolute Gasteiger partial charge is 0.379 e. The highest BCUT2D eigenvalue weighted by molar-refractivity contribution is 5.60. The molecule has 4 heterocycles. The van der Waals surface area contributed by atoms with Crippen LogP contribution in [0.5, 0.6) is 0 Å². The number of benzene rings is 1. The minimum Gasteiger partial charge on any atom is -0.379 e. The van der Waals surface area contributed by atoms with Crippen molar-refractivity contribution in [3.8, 4) is 22.6 Å². The van der Waals surface area contributed by atoms with Gasteiger partial charge in [0.25, 0.3) is 5.56 Å². The van der Waals surface area contributed by atoms with Crippen molar-refractivity contribution in [2.24, 2.45) is 7.05 Å². The van der Waals surface area contributed by atoms with E-state index in [2.05, 4.69) is 20.1 Å². The summed E-state index contributed by atoms with van der Waals surface area (Å²) in [5, 5.41) is 3.96. The second-order valence-corrected chi connectivity index (χ2v) is 8.17. The summed E-state index contributed by atoms with van der Waals surface area (Å²) in [6, 6.07) is 10.8. The third-order valence-corrected chi connectivity index (χ3v) is 5.88. The van der Waals surface area contributed by atoms with E-state index in [1.54, 1.807) is 14.0 Å². The molecule has 4 aromatic rings. The van der Waals surface area contributed by atoms with Gasteiger partial charge in [0, 0.05) is 56.4 Å². The number of aromatic nitrogens is 5. The van der Waals surface area contributed by atoms with Crippen molar-refractivity contribution in [3.05, 3.63) is 76.4 Å². The van der Waals surface area contributed by atoms with Gasteiger partial charge in [0.05, 0.1) is 25.1 Å². The predicted octanol–water partition coefficient (Wildman–Crippen LogP) is 2.96. The topological polar surface area (TPSA) is 99.2 Å². The van der Waals surface area contributed by atoms with Gasteiger partial charge >= 0.3 is 0 Å². The number of pyridine rings is 1. The molecule has 1 fully saturated rings. The van der Waals surface area contributed by atoms with Crippen molar-refractivity contribution in [2.75, 3.05) is 31.2 Å². The highest BCUT2D eigenvalue weighted by atomic mass is 19.1. The van der Waals surface area contributed by atoms with Crippen molar-refractivity contribution >= 4 is 5.95 Å². The summed E-state index contributed by atoms with van der Waals surface area (Å²) < 4.78 is 26.7. The number of halogens is 1. The summed E-state index contributed by atoms with van der Waals surface area (Å²) in [5.74, 6) is 1.04. The van der Waals surface area contributed by atoms with E-state index in [1.165, 1.54) is 22.9 Å². The first-order chi connectivity index (χ1) is 16.5. The van der Waals surface area contributed by atoms with Gasteiger partial charge in [0.1, 0.15) is 0 Å². The first-order valence-corrected chi connectivity index (χ1v) is 10.9. The quantitative estimate of drug-likeness (QED) is 0.457. The first kappa shape index (κ1) is 21.9. The summed E-state index contributed by atoms with van der Waals surface area (Å²) in [5.41, 5.74) is 2.20. The summed E-state index contributed by atoms with van der Waals surface area (Å²) >= 11 is 0. The number of hydrogen-bond donors (Lipinski definition) is 0. The van der Waals surface area contributed by atoms with Crippen LogP contribution in [0.15, 0.2) is 58.1 Å². The molecule has 0 N–H and O–H groups in total. The molecule has 174 valence electrons. The van der Waals surface area contributed by atoms with Crippen LogP contribution in [0, 0.1) is 12.7 Å². The molecular weight excluding hydrogens is 439 g/mol. The van der Waals surface area contributed by atoms with Gasteiger partial charge in [-0.1, -0.05) is 29.4 Å². The van der Waals surface area contributed by atoms with Gasteiger partial charge in [0.2, 0.25) is 17.7 Å². The number of hydrogen-bond acceptors (Lipinski definition) is 8. The van der Waals surface area contributed by atoms with Crippen LogP contribution in [0.25, 0.3) is 22.6 Å². The third kappa shape index (κ3) is 4.32. The fourth-order valence-electron chi connectivity index (χ4n) is 4.05. The maximum Gasteiger partial charge on any atom is 0.255 e. The van der Waals surface area contributed by atoms with Crippen LogP contribution in [0.3, 0.4) is 0 Å². The zero-order valence-corrected chi connectivity index (χ0v) is 18.8. The van der Waals surface area contributed by atoms with Crippen LogP contribution in [-0.2, 0) is 11.8 Å². The van der Waals surface area contributed by atoms with Crippen LogP contribution >= 0.6 is 0 Å². The highest BCUT2D eigenvalue weighted by Crippen LogP contribution is 2.27. The van der Waals surface area contributed by atoms with E-state index < -0.39 is 5.82 Å². The van der Waals surface area contributed by atoms with E-state index in [0.717, 1.165) is 17.3 Å². The van der Waals surface area contributed by atoms with Gasteiger partial charge < -0.3 is 14.2 Å². The Morgan fingerprint density at radius 2 is 1.97 bits per heavy atom. The lowest BCUT2D eigenvalue weighted by atomic mass is 9.98. The molecule has 0 amide bonds. The molecule has 3 aromatic heterocycles. The van der Waals surface area contributed by atoms with Gasteiger partial charge in [-0.25, -0.2) is 9.37 Å². The van der Waals surface area contributed by atoms with E-state index in [4.69, 9.17) is 9.26 Å². The molecule has 0 spiro atoms. The molecule has 5 rings (SSSR count). The maximum atomic E-state index is 14.3. The number of rotatable bonds is 4. The monoisotopic (exact) mass is 462 g/mol. The summed E-state index contributed by atoms with van der Waals surface area (Å²) in [4.78, 5) is 27.4. The molecule has 1 saturated heterocycles. The lowest BCUT2D eigenvalue weighted by Gasteiger charge is -2.26. The molecule has 34 heavy (non-hydrogen) atoms. The summed E-state index contributed by atoms with van der Waals surface area (Å²) in [6.45, 7) is 3.91. The fraction of sp³-hybridized carbons (Fsp3) is 0.292. The van der Waals surface area contributed by atoms with Crippen molar-refractivity contribution in [3.63, 3.8) is 0 Å². The van der Waals surface area contributed by atoms with E-state index >= 15 is 0 Å². The molecule has 1 aromatic carbocycles. The van der Waals surface area contributed by atoms with Crippen molar-refractivity contribution in [1.82, 2.24) is 24.7 Å². The summed E-state index contributed by atoms with van der Waals surface area (Å²) in [7, 11) is 1.67.